The number of piperidine rings is 1. The van der Waals surface area contributed by atoms with E-state index in [1.807, 2.05) is 11.8 Å². The van der Waals surface area contributed by atoms with Gasteiger partial charge in [-0.1, -0.05) is 0 Å². The number of aromatic nitrogens is 2. The summed E-state index contributed by atoms with van der Waals surface area (Å²) in [5.74, 6) is -1.18. The molecule has 2 fully saturated rings. The van der Waals surface area contributed by atoms with Gasteiger partial charge in [-0.25, -0.2) is 4.79 Å². The minimum atomic E-state index is -0.948. The van der Waals surface area contributed by atoms with E-state index in [9.17, 15) is 19.5 Å². The van der Waals surface area contributed by atoms with E-state index in [0.717, 1.165) is 0 Å². The Morgan fingerprint density at radius 3 is 2.36 bits per heavy atom. The average molecular weight is 348 g/mol. The molecule has 25 heavy (non-hydrogen) atoms. The number of likely N-dealkylation sites (tertiary alicyclic amines) is 2. The highest BCUT2D eigenvalue weighted by molar-refractivity contribution is 5.95. The van der Waals surface area contributed by atoms with Crippen molar-refractivity contribution in [3.05, 3.63) is 17.5 Å². The number of aliphatic carboxylic acids is 1. The van der Waals surface area contributed by atoms with Crippen LogP contribution in [0.5, 0.6) is 0 Å². The van der Waals surface area contributed by atoms with Gasteiger partial charge in [-0.15, -0.1) is 0 Å². The molecule has 8 heteroatoms. The summed E-state index contributed by atoms with van der Waals surface area (Å²) >= 11 is 0. The zero-order chi connectivity index (χ0) is 18.4. The van der Waals surface area contributed by atoms with E-state index < -0.39 is 12.0 Å². The van der Waals surface area contributed by atoms with E-state index in [-0.39, 0.29) is 17.2 Å². The molecule has 1 spiro atoms. The lowest BCUT2D eigenvalue weighted by atomic mass is 9.76. The fraction of sp³-hybridized carbons (Fsp3) is 0.647. The highest BCUT2D eigenvalue weighted by Crippen LogP contribution is 2.43. The third kappa shape index (κ3) is 3.12. The topological polar surface area (TPSA) is 95.7 Å². The fourth-order valence-electron chi connectivity index (χ4n) is 4.13. The maximum atomic E-state index is 12.7. The molecule has 3 rings (SSSR count). The molecule has 0 aliphatic carbocycles. The minimum Gasteiger partial charge on any atom is -0.480 e. The molecule has 1 aromatic heterocycles. The number of hydrogen-bond acceptors (Lipinski definition) is 4. The monoisotopic (exact) mass is 348 g/mol. The summed E-state index contributed by atoms with van der Waals surface area (Å²) in [6, 6.07) is -0.750. The predicted molar refractivity (Wildman–Crippen MR) is 88.9 cm³/mol. The second-order valence-electron chi connectivity index (χ2n) is 7.30. The summed E-state index contributed by atoms with van der Waals surface area (Å²) in [7, 11) is 1.79. The van der Waals surface area contributed by atoms with Gasteiger partial charge in [0, 0.05) is 39.8 Å². The maximum Gasteiger partial charge on any atom is 0.326 e. The smallest absolute Gasteiger partial charge is 0.326 e. The van der Waals surface area contributed by atoms with E-state index in [2.05, 4.69) is 5.10 Å². The normalized spacial score (nSPS) is 22.4. The van der Waals surface area contributed by atoms with Crippen LogP contribution in [0.3, 0.4) is 0 Å². The Labute approximate surface area is 146 Å². The van der Waals surface area contributed by atoms with E-state index in [1.165, 1.54) is 11.8 Å². The molecule has 0 bridgehead atoms. The third-order valence-corrected chi connectivity index (χ3v) is 5.55. The molecular formula is C17H24N4O4. The second kappa shape index (κ2) is 6.16. The zero-order valence-corrected chi connectivity index (χ0v) is 14.9. The van der Waals surface area contributed by atoms with Crippen molar-refractivity contribution in [1.82, 2.24) is 19.6 Å². The molecule has 1 aromatic rings. The molecule has 2 saturated heterocycles. The van der Waals surface area contributed by atoms with Crippen LogP contribution in [0.1, 0.15) is 42.2 Å². The van der Waals surface area contributed by atoms with Crippen LogP contribution in [0.2, 0.25) is 0 Å². The lowest BCUT2D eigenvalue weighted by molar-refractivity contribution is -0.147. The fourth-order valence-corrected chi connectivity index (χ4v) is 4.13. The molecular weight excluding hydrogens is 324 g/mol. The maximum absolute atomic E-state index is 12.7. The number of carbonyl (C=O) groups is 3. The largest absolute Gasteiger partial charge is 0.480 e. The number of aryl methyl sites for hydroxylation is 2. The van der Waals surface area contributed by atoms with Crippen LogP contribution in [0.4, 0.5) is 0 Å². The van der Waals surface area contributed by atoms with Crippen molar-refractivity contribution < 1.29 is 19.5 Å². The Balaban J connectivity index is 1.69. The van der Waals surface area contributed by atoms with Crippen LogP contribution in [-0.4, -0.2) is 68.1 Å². The lowest BCUT2D eigenvalue weighted by Crippen LogP contribution is -2.44. The van der Waals surface area contributed by atoms with Crippen molar-refractivity contribution in [2.45, 2.75) is 39.2 Å². The van der Waals surface area contributed by atoms with Crippen molar-refractivity contribution in [3.8, 4) is 0 Å². The Morgan fingerprint density at radius 1 is 1.28 bits per heavy atom. The molecule has 8 nitrogen and oxygen atoms in total. The van der Waals surface area contributed by atoms with Crippen LogP contribution in [0.15, 0.2) is 6.20 Å². The standard InChI is InChI=1S/C17H24N4O4/c1-11-13(9-19(3)18-11)15(23)20-6-4-17(5-7-20)8-14(16(24)25)21(10-17)12(2)22/h9,14H,4-8,10H2,1-3H3,(H,24,25). The minimum absolute atomic E-state index is 0.0309. The number of carboxylic acids is 1. The van der Waals surface area contributed by atoms with Gasteiger partial charge in [0.05, 0.1) is 11.3 Å². The summed E-state index contributed by atoms with van der Waals surface area (Å²) in [4.78, 5) is 39.2. The number of carbonyl (C=O) groups excluding carboxylic acids is 2. The van der Waals surface area contributed by atoms with Crippen molar-refractivity contribution >= 4 is 17.8 Å². The quantitative estimate of drug-likeness (QED) is 0.847. The molecule has 1 atom stereocenters. The summed E-state index contributed by atoms with van der Waals surface area (Å²) in [5.41, 5.74) is 1.12. The summed E-state index contributed by atoms with van der Waals surface area (Å²) in [5, 5.41) is 13.6. The van der Waals surface area contributed by atoms with Gasteiger partial charge in [-0.3, -0.25) is 14.3 Å². The Kier molecular flexibility index (Phi) is 4.30. The molecule has 2 amide bonds. The highest BCUT2D eigenvalue weighted by Gasteiger charge is 2.49. The van der Waals surface area contributed by atoms with Crippen molar-refractivity contribution in [1.29, 1.82) is 0 Å². The van der Waals surface area contributed by atoms with Gasteiger partial charge in [0.1, 0.15) is 6.04 Å². The van der Waals surface area contributed by atoms with E-state index in [1.54, 1.807) is 17.9 Å². The van der Waals surface area contributed by atoms with Gasteiger partial charge < -0.3 is 14.9 Å². The number of amides is 2. The Bertz CT molecular complexity index is 694. The second-order valence-corrected chi connectivity index (χ2v) is 7.30. The SMILES string of the molecule is CC(=O)N1CC2(CCN(C(=O)c3cn(C)nc3C)CC2)CC1C(=O)O. The van der Waals surface area contributed by atoms with E-state index in [4.69, 9.17) is 0 Å². The van der Waals surface area contributed by atoms with Crippen LogP contribution in [0, 0.1) is 12.3 Å². The van der Waals surface area contributed by atoms with Gasteiger partial charge >= 0.3 is 5.97 Å². The molecule has 136 valence electrons. The first-order valence-corrected chi connectivity index (χ1v) is 8.52. The van der Waals surface area contributed by atoms with Gasteiger partial charge in [0.25, 0.3) is 5.91 Å². The molecule has 2 aliphatic rings. The molecule has 1 unspecified atom stereocenters. The van der Waals surface area contributed by atoms with Crippen molar-refractivity contribution in [2.24, 2.45) is 12.5 Å². The van der Waals surface area contributed by atoms with Crippen LogP contribution in [-0.2, 0) is 16.6 Å². The summed E-state index contributed by atoms with van der Waals surface area (Å²) in [6.07, 6.45) is 3.63. The number of carboxylic acid groups (broad SMARTS) is 1. The molecule has 0 radical (unpaired) electrons. The number of hydrogen-bond donors (Lipinski definition) is 1. The Morgan fingerprint density at radius 2 is 1.92 bits per heavy atom. The van der Waals surface area contributed by atoms with Crippen molar-refractivity contribution in [2.75, 3.05) is 19.6 Å². The average Bonchev–Trinajstić information content (AvgIpc) is 3.08. The van der Waals surface area contributed by atoms with Crippen LogP contribution < -0.4 is 0 Å². The van der Waals surface area contributed by atoms with Crippen molar-refractivity contribution in [3.63, 3.8) is 0 Å². The first-order valence-electron chi connectivity index (χ1n) is 8.52. The Hall–Kier alpha value is -2.38. The first kappa shape index (κ1) is 17.4. The lowest BCUT2D eigenvalue weighted by Gasteiger charge is -2.39. The van der Waals surface area contributed by atoms with E-state index in [0.29, 0.717) is 50.2 Å². The highest BCUT2D eigenvalue weighted by atomic mass is 16.4. The van der Waals surface area contributed by atoms with Gasteiger partial charge in [0.15, 0.2) is 0 Å². The van der Waals surface area contributed by atoms with E-state index >= 15 is 0 Å². The molecule has 0 saturated carbocycles. The molecule has 2 aliphatic heterocycles. The number of rotatable bonds is 2. The molecule has 3 heterocycles. The molecule has 0 aromatic carbocycles. The molecule has 1 N–H and O–H groups in total. The van der Waals surface area contributed by atoms with Crippen LogP contribution >= 0.6 is 0 Å². The summed E-state index contributed by atoms with van der Waals surface area (Å²) < 4.78 is 1.63. The summed E-state index contributed by atoms with van der Waals surface area (Å²) in [6.45, 7) is 4.85. The van der Waals surface area contributed by atoms with Gasteiger partial charge in [-0.2, -0.15) is 5.10 Å². The van der Waals surface area contributed by atoms with Crippen LogP contribution in [0.25, 0.3) is 0 Å². The zero-order valence-electron chi connectivity index (χ0n) is 14.9. The van der Waals surface area contributed by atoms with Gasteiger partial charge in [-0.05, 0) is 31.6 Å². The third-order valence-electron chi connectivity index (χ3n) is 5.55. The number of nitrogens with zero attached hydrogens (tertiary/aromatic N) is 4. The first-order chi connectivity index (χ1) is 11.7. The predicted octanol–water partition coefficient (Wildman–Crippen LogP) is 0.656. The van der Waals surface area contributed by atoms with Gasteiger partial charge in [0.2, 0.25) is 5.91 Å².